The molecule has 0 radical (unpaired) electrons. The summed E-state index contributed by atoms with van der Waals surface area (Å²) in [6, 6.07) is 0.161. The molecule has 0 saturated heterocycles. The van der Waals surface area contributed by atoms with Crippen LogP contribution >= 0.6 is 0 Å². The molecule has 0 aromatic rings. The number of hydrogen-bond acceptors (Lipinski definition) is 2. The van der Waals surface area contributed by atoms with Crippen LogP contribution in [-0.2, 0) is 0 Å². The molecule has 0 aromatic carbocycles. The SMILES string of the molecule is CCCCCCCCCC/C=C/C(N)CCN. The van der Waals surface area contributed by atoms with Gasteiger partial charge >= 0.3 is 0 Å². The first-order chi connectivity index (χ1) is 8.31. The summed E-state index contributed by atoms with van der Waals surface area (Å²) in [6.45, 7) is 2.95. The average molecular weight is 240 g/mol. The standard InChI is InChI=1S/C15H32N2/c1-2-3-4-5-6-7-8-9-10-11-12-15(17)13-14-16/h11-12,15H,2-10,13-14,16-17H2,1H3/b12-11+. The van der Waals surface area contributed by atoms with Crippen molar-refractivity contribution in [2.45, 2.75) is 77.2 Å². The number of rotatable bonds is 12. The van der Waals surface area contributed by atoms with Crippen LogP contribution in [0.2, 0.25) is 0 Å². The largest absolute Gasteiger partial charge is 0.330 e. The fourth-order valence-electron chi connectivity index (χ4n) is 1.96. The molecule has 2 nitrogen and oxygen atoms in total. The summed E-state index contributed by atoms with van der Waals surface area (Å²) in [7, 11) is 0. The minimum Gasteiger partial charge on any atom is -0.330 e. The van der Waals surface area contributed by atoms with E-state index in [1.54, 1.807) is 0 Å². The van der Waals surface area contributed by atoms with Gasteiger partial charge in [-0.15, -0.1) is 0 Å². The Bertz CT molecular complexity index is 166. The maximum absolute atomic E-state index is 5.83. The molecule has 0 heterocycles. The van der Waals surface area contributed by atoms with Gasteiger partial charge in [-0.1, -0.05) is 64.0 Å². The smallest absolute Gasteiger partial charge is 0.0235 e. The summed E-state index contributed by atoms with van der Waals surface area (Å²) in [5.74, 6) is 0. The Morgan fingerprint density at radius 1 is 0.941 bits per heavy atom. The van der Waals surface area contributed by atoms with Gasteiger partial charge < -0.3 is 11.5 Å². The number of unbranched alkanes of at least 4 members (excludes halogenated alkanes) is 8. The number of hydrogen-bond donors (Lipinski definition) is 2. The van der Waals surface area contributed by atoms with Crippen molar-refractivity contribution in [2.24, 2.45) is 11.5 Å². The Hall–Kier alpha value is -0.340. The minimum atomic E-state index is 0.161. The van der Waals surface area contributed by atoms with Crippen LogP contribution in [0.4, 0.5) is 0 Å². The van der Waals surface area contributed by atoms with Crippen LogP contribution in [0.3, 0.4) is 0 Å². The first kappa shape index (κ1) is 16.7. The summed E-state index contributed by atoms with van der Waals surface area (Å²) in [4.78, 5) is 0. The van der Waals surface area contributed by atoms with Gasteiger partial charge in [0.1, 0.15) is 0 Å². The van der Waals surface area contributed by atoms with E-state index in [1.807, 2.05) is 0 Å². The highest BCUT2D eigenvalue weighted by Gasteiger charge is 1.94. The molecule has 0 aromatic heterocycles. The van der Waals surface area contributed by atoms with Crippen molar-refractivity contribution in [2.75, 3.05) is 6.54 Å². The molecule has 0 aliphatic rings. The Labute approximate surface area is 108 Å². The van der Waals surface area contributed by atoms with Crippen LogP contribution in [0.25, 0.3) is 0 Å². The Morgan fingerprint density at radius 2 is 1.53 bits per heavy atom. The zero-order valence-electron chi connectivity index (χ0n) is 11.7. The van der Waals surface area contributed by atoms with Gasteiger partial charge in [0.25, 0.3) is 0 Å². The summed E-state index contributed by atoms with van der Waals surface area (Å²) >= 11 is 0. The first-order valence-corrected chi connectivity index (χ1v) is 7.43. The molecular weight excluding hydrogens is 208 g/mol. The van der Waals surface area contributed by atoms with Gasteiger partial charge in [-0.05, 0) is 25.8 Å². The lowest BCUT2D eigenvalue weighted by atomic mass is 10.1. The lowest BCUT2D eigenvalue weighted by Crippen LogP contribution is -2.20. The molecule has 0 spiro atoms. The lowest BCUT2D eigenvalue weighted by Gasteiger charge is -2.03. The Kier molecular flexibility index (Phi) is 13.4. The summed E-state index contributed by atoms with van der Waals surface area (Å²) in [5.41, 5.74) is 11.3. The minimum absolute atomic E-state index is 0.161. The van der Waals surface area contributed by atoms with Crippen molar-refractivity contribution < 1.29 is 0 Å². The highest BCUT2D eigenvalue weighted by atomic mass is 14.6. The maximum atomic E-state index is 5.83. The Balaban J connectivity index is 3.12. The molecule has 0 bridgehead atoms. The molecule has 1 unspecified atom stereocenters. The molecule has 17 heavy (non-hydrogen) atoms. The van der Waals surface area contributed by atoms with Gasteiger partial charge in [-0.3, -0.25) is 0 Å². The predicted octanol–water partition coefficient (Wildman–Crippen LogP) is 3.75. The zero-order valence-corrected chi connectivity index (χ0v) is 11.7. The van der Waals surface area contributed by atoms with Crippen molar-refractivity contribution in [3.05, 3.63) is 12.2 Å². The normalized spacial score (nSPS) is 13.4. The van der Waals surface area contributed by atoms with Crippen LogP contribution in [0.15, 0.2) is 12.2 Å². The summed E-state index contributed by atoms with van der Waals surface area (Å²) in [6.07, 6.45) is 17.5. The molecule has 0 aliphatic heterocycles. The van der Waals surface area contributed by atoms with Gasteiger partial charge in [-0.2, -0.15) is 0 Å². The van der Waals surface area contributed by atoms with Crippen molar-refractivity contribution >= 4 is 0 Å². The third-order valence-electron chi connectivity index (χ3n) is 3.11. The van der Waals surface area contributed by atoms with E-state index < -0.39 is 0 Å². The van der Waals surface area contributed by atoms with Gasteiger partial charge in [-0.25, -0.2) is 0 Å². The monoisotopic (exact) mass is 240 g/mol. The number of allylic oxidation sites excluding steroid dienone is 1. The van der Waals surface area contributed by atoms with E-state index in [0.29, 0.717) is 6.54 Å². The van der Waals surface area contributed by atoms with Crippen molar-refractivity contribution in [3.63, 3.8) is 0 Å². The van der Waals surface area contributed by atoms with Crippen molar-refractivity contribution in [1.82, 2.24) is 0 Å². The van der Waals surface area contributed by atoms with E-state index in [4.69, 9.17) is 11.5 Å². The lowest BCUT2D eigenvalue weighted by molar-refractivity contribution is 0.577. The van der Waals surface area contributed by atoms with Crippen LogP contribution in [0.5, 0.6) is 0 Å². The summed E-state index contributed by atoms with van der Waals surface area (Å²) in [5, 5.41) is 0. The van der Waals surface area contributed by atoms with E-state index in [9.17, 15) is 0 Å². The van der Waals surface area contributed by atoms with Gasteiger partial charge in [0.2, 0.25) is 0 Å². The van der Waals surface area contributed by atoms with Gasteiger partial charge in [0.05, 0.1) is 0 Å². The quantitative estimate of drug-likeness (QED) is 0.403. The average Bonchev–Trinajstić information content (AvgIpc) is 2.32. The van der Waals surface area contributed by atoms with E-state index in [2.05, 4.69) is 19.1 Å². The van der Waals surface area contributed by atoms with Crippen molar-refractivity contribution in [3.8, 4) is 0 Å². The topological polar surface area (TPSA) is 52.0 Å². The van der Waals surface area contributed by atoms with Crippen molar-refractivity contribution in [1.29, 1.82) is 0 Å². The molecule has 4 N–H and O–H groups in total. The van der Waals surface area contributed by atoms with E-state index in [1.165, 1.54) is 57.8 Å². The van der Waals surface area contributed by atoms with Gasteiger partial charge in [0, 0.05) is 6.04 Å². The van der Waals surface area contributed by atoms with E-state index in [0.717, 1.165) is 6.42 Å². The molecule has 0 rings (SSSR count). The Morgan fingerprint density at radius 3 is 2.12 bits per heavy atom. The molecule has 2 heteroatoms. The highest BCUT2D eigenvalue weighted by molar-refractivity contribution is 4.91. The molecular formula is C15H32N2. The van der Waals surface area contributed by atoms with Crippen LogP contribution < -0.4 is 11.5 Å². The van der Waals surface area contributed by atoms with Crippen LogP contribution in [0, 0.1) is 0 Å². The molecule has 1 atom stereocenters. The molecule has 0 fully saturated rings. The van der Waals surface area contributed by atoms with Gasteiger partial charge in [0.15, 0.2) is 0 Å². The third kappa shape index (κ3) is 13.6. The third-order valence-corrected chi connectivity index (χ3v) is 3.11. The van der Waals surface area contributed by atoms with E-state index in [-0.39, 0.29) is 6.04 Å². The molecule has 0 aliphatic carbocycles. The maximum Gasteiger partial charge on any atom is 0.0235 e. The second kappa shape index (κ2) is 13.7. The number of nitrogens with two attached hydrogens (primary N) is 2. The molecule has 102 valence electrons. The second-order valence-electron chi connectivity index (χ2n) is 4.93. The highest BCUT2D eigenvalue weighted by Crippen LogP contribution is 2.09. The first-order valence-electron chi connectivity index (χ1n) is 7.43. The summed E-state index contributed by atoms with van der Waals surface area (Å²) < 4.78 is 0. The van der Waals surface area contributed by atoms with Crippen LogP contribution in [-0.4, -0.2) is 12.6 Å². The zero-order chi connectivity index (χ0) is 12.8. The molecule has 0 amide bonds. The predicted molar refractivity (Wildman–Crippen MR) is 78.0 cm³/mol. The molecule has 0 saturated carbocycles. The second-order valence-corrected chi connectivity index (χ2v) is 4.93. The fraction of sp³-hybridized carbons (Fsp3) is 0.867. The van der Waals surface area contributed by atoms with E-state index >= 15 is 0 Å². The fourth-order valence-corrected chi connectivity index (χ4v) is 1.96. The van der Waals surface area contributed by atoms with Crippen LogP contribution in [0.1, 0.15) is 71.1 Å².